The normalized spacial score (nSPS) is 20.3. The molecule has 0 amide bonds. The molecule has 0 spiro atoms. The summed E-state index contributed by atoms with van der Waals surface area (Å²) >= 11 is 0. The van der Waals surface area contributed by atoms with Gasteiger partial charge in [-0.15, -0.1) is 0 Å². The zero-order valence-corrected chi connectivity index (χ0v) is 8.99. The smallest absolute Gasteiger partial charge is 0.159 e. The number of carbonyl (C=O) groups is 1. The lowest BCUT2D eigenvalue weighted by Gasteiger charge is -2.11. The van der Waals surface area contributed by atoms with Gasteiger partial charge >= 0.3 is 0 Å². The highest BCUT2D eigenvalue weighted by molar-refractivity contribution is 5.94. The molecule has 0 radical (unpaired) electrons. The molecule has 0 saturated heterocycles. The molecule has 0 atom stereocenters. The Bertz CT molecular complexity index is 421. The fourth-order valence-electron chi connectivity index (χ4n) is 2.34. The summed E-state index contributed by atoms with van der Waals surface area (Å²) in [4.78, 5) is 13.8. The Morgan fingerprint density at radius 2 is 2.00 bits per heavy atom. The topological polar surface area (TPSA) is 20.3 Å². The molecule has 15 heavy (non-hydrogen) atoms. The molecule has 0 aromatic heterocycles. The van der Waals surface area contributed by atoms with E-state index < -0.39 is 0 Å². The van der Waals surface area contributed by atoms with Crippen molar-refractivity contribution in [2.24, 2.45) is 0 Å². The first-order valence-electron chi connectivity index (χ1n) is 5.61. The van der Waals surface area contributed by atoms with E-state index in [9.17, 15) is 4.79 Å². The van der Waals surface area contributed by atoms with Crippen LogP contribution < -0.4 is 0 Å². The van der Waals surface area contributed by atoms with Crippen LogP contribution in [0.2, 0.25) is 0 Å². The van der Waals surface area contributed by atoms with Crippen molar-refractivity contribution < 1.29 is 4.79 Å². The van der Waals surface area contributed by atoms with Crippen molar-refractivity contribution in [3.63, 3.8) is 0 Å². The van der Waals surface area contributed by atoms with Crippen LogP contribution in [0.4, 0.5) is 0 Å². The molecular formula is C13H15NO. The standard InChI is InChI=1S/C13H15NO/c1-9(15)10-2-3-11-7-14(13-4-5-13)8-12(11)6-10/h2-3,6,13H,4-5,7-8H2,1H3. The largest absolute Gasteiger partial charge is 0.295 e. The summed E-state index contributed by atoms with van der Waals surface area (Å²) in [6.07, 6.45) is 2.71. The van der Waals surface area contributed by atoms with Crippen molar-refractivity contribution in [2.75, 3.05) is 0 Å². The first-order valence-corrected chi connectivity index (χ1v) is 5.61. The molecule has 1 fully saturated rings. The first kappa shape index (κ1) is 9.10. The Balaban J connectivity index is 1.89. The van der Waals surface area contributed by atoms with E-state index in [1.54, 1.807) is 6.92 Å². The minimum absolute atomic E-state index is 0.169. The third-order valence-corrected chi connectivity index (χ3v) is 3.42. The number of nitrogens with zero attached hydrogens (tertiary/aromatic N) is 1. The number of hydrogen-bond acceptors (Lipinski definition) is 2. The quantitative estimate of drug-likeness (QED) is 0.685. The van der Waals surface area contributed by atoms with E-state index in [4.69, 9.17) is 0 Å². The summed E-state index contributed by atoms with van der Waals surface area (Å²) in [5.41, 5.74) is 3.62. The summed E-state index contributed by atoms with van der Waals surface area (Å²) in [6, 6.07) is 6.96. The highest BCUT2D eigenvalue weighted by atomic mass is 16.1. The fourth-order valence-corrected chi connectivity index (χ4v) is 2.34. The Labute approximate surface area is 89.9 Å². The van der Waals surface area contributed by atoms with Gasteiger partial charge in [0.2, 0.25) is 0 Å². The van der Waals surface area contributed by atoms with Gasteiger partial charge in [-0.25, -0.2) is 0 Å². The van der Waals surface area contributed by atoms with Gasteiger partial charge < -0.3 is 0 Å². The molecule has 1 aliphatic carbocycles. The fraction of sp³-hybridized carbons (Fsp3) is 0.462. The molecule has 0 unspecified atom stereocenters. The van der Waals surface area contributed by atoms with Gasteiger partial charge in [0.15, 0.2) is 5.78 Å². The Morgan fingerprint density at radius 3 is 2.67 bits per heavy atom. The summed E-state index contributed by atoms with van der Waals surface area (Å²) < 4.78 is 0. The molecule has 2 aliphatic rings. The van der Waals surface area contributed by atoms with Gasteiger partial charge in [-0.2, -0.15) is 0 Å². The predicted molar refractivity (Wildman–Crippen MR) is 58.7 cm³/mol. The van der Waals surface area contributed by atoms with Gasteiger partial charge in [-0.3, -0.25) is 9.69 Å². The second-order valence-electron chi connectivity index (χ2n) is 4.68. The van der Waals surface area contributed by atoms with Crippen LogP contribution in [0.15, 0.2) is 18.2 Å². The maximum Gasteiger partial charge on any atom is 0.159 e. The van der Waals surface area contributed by atoms with E-state index in [0.29, 0.717) is 0 Å². The van der Waals surface area contributed by atoms with E-state index in [-0.39, 0.29) is 5.78 Å². The summed E-state index contributed by atoms with van der Waals surface area (Å²) in [6.45, 7) is 3.76. The highest BCUT2D eigenvalue weighted by Gasteiger charge is 2.32. The molecule has 1 saturated carbocycles. The van der Waals surface area contributed by atoms with Gasteiger partial charge in [-0.05, 0) is 37.0 Å². The SMILES string of the molecule is CC(=O)c1ccc2c(c1)CN(C1CC1)C2. The van der Waals surface area contributed by atoms with Crippen molar-refractivity contribution in [3.05, 3.63) is 34.9 Å². The van der Waals surface area contributed by atoms with Crippen LogP contribution in [-0.4, -0.2) is 16.7 Å². The molecule has 1 aromatic rings. The second kappa shape index (κ2) is 3.17. The van der Waals surface area contributed by atoms with Gasteiger partial charge in [-0.1, -0.05) is 12.1 Å². The zero-order valence-electron chi connectivity index (χ0n) is 8.99. The molecule has 0 bridgehead atoms. The molecular weight excluding hydrogens is 186 g/mol. The Hall–Kier alpha value is -1.15. The molecule has 1 aliphatic heterocycles. The van der Waals surface area contributed by atoms with Crippen LogP contribution in [0.1, 0.15) is 41.3 Å². The number of fused-ring (bicyclic) bond motifs is 1. The lowest BCUT2D eigenvalue weighted by atomic mass is 10.0. The van der Waals surface area contributed by atoms with Crippen molar-refractivity contribution >= 4 is 5.78 Å². The van der Waals surface area contributed by atoms with Gasteiger partial charge in [0.1, 0.15) is 0 Å². The summed E-state index contributed by atoms with van der Waals surface area (Å²) in [5, 5.41) is 0. The van der Waals surface area contributed by atoms with E-state index in [1.807, 2.05) is 6.07 Å². The summed E-state index contributed by atoms with van der Waals surface area (Å²) in [7, 11) is 0. The van der Waals surface area contributed by atoms with Crippen LogP contribution in [0, 0.1) is 0 Å². The molecule has 2 heteroatoms. The van der Waals surface area contributed by atoms with Gasteiger partial charge in [0, 0.05) is 24.7 Å². The van der Waals surface area contributed by atoms with Crippen LogP contribution in [0.5, 0.6) is 0 Å². The van der Waals surface area contributed by atoms with Crippen molar-refractivity contribution in [1.82, 2.24) is 4.90 Å². The van der Waals surface area contributed by atoms with Gasteiger partial charge in [0.25, 0.3) is 0 Å². The molecule has 2 nitrogen and oxygen atoms in total. The maximum atomic E-state index is 11.3. The molecule has 0 N–H and O–H groups in total. The lowest BCUT2D eigenvalue weighted by molar-refractivity contribution is 0.101. The van der Waals surface area contributed by atoms with Crippen LogP contribution in [0.3, 0.4) is 0 Å². The van der Waals surface area contributed by atoms with Gasteiger partial charge in [0.05, 0.1) is 0 Å². The number of Topliss-reactive ketones (excluding diaryl/α,β-unsaturated/α-hetero) is 1. The van der Waals surface area contributed by atoms with Crippen LogP contribution >= 0.6 is 0 Å². The van der Waals surface area contributed by atoms with Crippen molar-refractivity contribution in [2.45, 2.75) is 38.9 Å². The number of hydrogen-bond donors (Lipinski definition) is 0. The third-order valence-electron chi connectivity index (χ3n) is 3.42. The average Bonchev–Trinajstić information content (AvgIpc) is 2.97. The zero-order chi connectivity index (χ0) is 10.4. The van der Waals surface area contributed by atoms with Crippen LogP contribution in [-0.2, 0) is 13.1 Å². The minimum atomic E-state index is 0.169. The molecule has 1 heterocycles. The summed E-state index contributed by atoms with van der Waals surface area (Å²) in [5.74, 6) is 0.169. The average molecular weight is 201 g/mol. The van der Waals surface area contributed by atoms with E-state index in [1.165, 1.54) is 24.0 Å². The van der Waals surface area contributed by atoms with E-state index in [0.717, 1.165) is 24.7 Å². The lowest BCUT2D eigenvalue weighted by Crippen LogP contribution is -2.18. The van der Waals surface area contributed by atoms with Crippen molar-refractivity contribution in [1.29, 1.82) is 0 Å². The monoisotopic (exact) mass is 201 g/mol. The number of carbonyl (C=O) groups excluding carboxylic acids is 1. The van der Waals surface area contributed by atoms with Crippen molar-refractivity contribution in [3.8, 4) is 0 Å². The maximum absolute atomic E-state index is 11.3. The van der Waals surface area contributed by atoms with E-state index in [2.05, 4.69) is 17.0 Å². The second-order valence-corrected chi connectivity index (χ2v) is 4.68. The van der Waals surface area contributed by atoms with Crippen LogP contribution in [0.25, 0.3) is 0 Å². The minimum Gasteiger partial charge on any atom is -0.295 e. The highest BCUT2D eigenvalue weighted by Crippen LogP contribution is 2.34. The first-order chi connectivity index (χ1) is 7.24. The van der Waals surface area contributed by atoms with E-state index >= 15 is 0 Å². The predicted octanol–water partition coefficient (Wildman–Crippen LogP) is 2.37. The number of benzene rings is 1. The number of ketones is 1. The Kier molecular flexibility index (Phi) is 1.93. The Morgan fingerprint density at radius 1 is 1.27 bits per heavy atom. The third kappa shape index (κ3) is 1.59. The molecule has 1 aromatic carbocycles. The molecule has 3 rings (SSSR count). The number of rotatable bonds is 2. The molecule has 78 valence electrons.